The SMILES string of the molecule is CCN(CC)Cc1ccc(C(=O)NN)s1. The van der Waals surface area contributed by atoms with Crippen molar-refractivity contribution in [2.45, 2.75) is 20.4 Å². The number of hydrazine groups is 1. The van der Waals surface area contributed by atoms with Gasteiger partial charge >= 0.3 is 0 Å². The van der Waals surface area contributed by atoms with E-state index in [-0.39, 0.29) is 5.91 Å². The molecule has 0 saturated heterocycles. The summed E-state index contributed by atoms with van der Waals surface area (Å²) in [5.74, 6) is 4.85. The van der Waals surface area contributed by atoms with E-state index in [2.05, 4.69) is 24.2 Å². The normalized spacial score (nSPS) is 10.7. The van der Waals surface area contributed by atoms with Crippen LogP contribution in [-0.2, 0) is 6.54 Å². The Bertz CT molecular complexity index is 320. The first-order valence-corrected chi connectivity index (χ1v) is 5.84. The smallest absolute Gasteiger partial charge is 0.275 e. The third-order valence-electron chi connectivity index (χ3n) is 2.29. The van der Waals surface area contributed by atoms with Crippen molar-refractivity contribution in [1.29, 1.82) is 0 Å². The van der Waals surface area contributed by atoms with Crippen molar-refractivity contribution >= 4 is 17.2 Å². The quantitative estimate of drug-likeness (QED) is 0.451. The zero-order valence-electron chi connectivity index (χ0n) is 9.12. The first kappa shape index (κ1) is 12.2. The van der Waals surface area contributed by atoms with E-state index in [9.17, 15) is 4.79 Å². The highest BCUT2D eigenvalue weighted by molar-refractivity contribution is 7.14. The highest BCUT2D eigenvalue weighted by atomic mass is 32.1. The van der Waals surface area contributed by atoms with Crippen LogP contribution in [0.25, 0.3) is 0 Å². The second-order valence-corrected chi connectivity index (χ2v) is 4.37. The summed E-state index contributed by atoms with van der Waals surface area (Å²) in [6.07, 6.45) is 0. The van der Waals surface area contributed by atoms with Gasteiger partial charge in [-0.1, -0.05) is 13.8 Å². The number of amides is 1. The van der Waals surface area contributed by atoms with Crippen LogP contribution in [0.5, 0.6) is 0 Å². The predicted octanol–water partition coefficient (Wildman–Crippen LogP) is 1.19. The summed E-state index contributed by atoms with van der Waals surface area (Å²) in [6.45, 7) is 7.20. The molecule has 1 heterocycles. The molecule has 4 nitrogen and oxygen atoms in total. The van der Waals surface area contributed by atoms with Crippen molar-refractivity contribution in [3.05, 3.63) is 21.9 Å². The fraction of sp³-hybridized carbons (Fsp3) is 0.500. The molecule has 84 valence electrons. The van der Waals surface area contributed by atoms with Crippen LogP contribution in [0.2, 0.25) is 0 Å². The maximum absolute atomic E-state index is 11.2. The van der Waals surface area contributed by atoms with Crippen molar-refractivity contribution in [1.82, 2.24) is 10.3 Å². The maximum Gasteiger partial charge on any atom is 0.275 e. The predicted molar refractivity (Wildman–Crippen MR) is 62.6 cm³/mol. The molecule has 0 aromatic carbocycles. The summed E-state index contributed by atoms with van der Waals surface area (Å²) < 4.78 is 0. The number of nitrogens with one attached hydrogen (secondary N) is 1. The molecule has 1 amide bonds. The van der Waals surface area contributed by atoms with Crippen LogP contribution in [-0.4, -0.2) is 23.9 Å². The molecule has 0 aliphatic carbocycles. The van der Waals surface area contributed by atoms with Crippen LogP contribution in [0.3, 0.4) is 0 Å². The Balaban J connectivity index is 2.63. The Morgan fingerprint density at radius 2 is 2.13 bits per heavy atom. The second kappa shape index (κ2) is 5.85. The lowest BCUT2D eigenvalue weighted by Gasteiger charge is -2.16. The number of thiophene rings is 1. The Hall–Kier alpha value is -0.910. The molecule has 0 unspecified atom stereocenters. The molecule has 1 aromatic heterocycles. The first-order valence-electron chi connectivity index (χ1n) is 5.03. The molecule has 0 saturated carbocycles. The first-order chi connectivity index (χ1) is 7.21. The van der Waals surface area contributed by atoms with Gasteiger partial charge in [-0.25, -0.2) is 5.84 Å². The van der Waals surface area contributed by atoms with Gasteiger partial charge < -0.3 is 0 Å². The molecule has 0 fully saturated rings. The molecular formula is C10H17N3OS. The van der Waals surface area contributed by atoms with Crippen LogP contribution in [0.4, 0.5) is 0 Å². The molecule has 0 aliphatic rings. The number of hydrogen-bond donors (Lipinski definition) is 2. The van der Waals surface area contributed by atoms with Crippen LogP contribution in [0.15, 0.2) is 12.1 Å². The second-order valence-electron chi connectivity index (χ2n) is 3.20. The Labute approximate surface area is 94.0 Å². The molecule has 3 N–H and O–H groups in total. The Morgan fingerprint density at radius 1 is 1.47 bits per heavy atom. The Kier molecular flexibility index (Phi) is 4.74. The van der Waals surface area contributed by atoms with Gasteiger partial charge in [-0.2, -0.15) is 0 Å². The van der Waals surface area contributed by atoms with Crippen LogP contribution >= 0.6 is 11.3 Å². The van der Waals surface area contributed by atoms with Gasteiger partial charge in [0.2, 0.25) is 0 Å². The van der Waals surface area contributed by atoms with Gasteiger partial charge in [0.15, 0.2) is 0 Å². The minimum atomic E-state index is -0.217. The molecule has 5 heteroatoms. The van der Waals surface area contributed by atoms with E-state index in [4.69, 9.17) is 5.84 Å². The number of nitrogen functional groups attached to an aromatic ring is 1. The Morgan fingerprint density at radius 3 is 2.67 bits per heavy atom. The largest absolute Gasteiger partial charge is 0.299 e. The zero-order valence-corrected chi connectivity index (χ0v) is 9.93. The number of hydrogen-bond acceptors (Lipinski definition) is 4. The summed E-state index contributed by atoms with van der Waals surface area (Å²) in [5.41, 5.74) is 2.13. The number of nitrogens with zero attached hydrogens (tertiary/aromatic N) is 1. The van der Waals surface area contributed by atoms with E-state index in [0.29, 0.717) is 4.88 Å². The highest BCUT2D eigenvalue weighted by Crippen LogP contribution is 2.17. The van der Waals surface area contributed by atoms with Gasteiger partial charge in [0.25, 0.3) is 5.91 Å². The summed E-state index contributed by atoms with van der Waals surface area (Å²) in [4.78, 5) is 15.4. The lowest BCUT2D eigenvalue weighted by atomic mass is 10.4. The van der Waals surface area contributed by atoms with Crippen molar-refractivity contribution in [2.75, 3.05) is 13.1 Å². The average Bonchev–Trinajstić information content (AvgIpc) is 2.73. The minimum absolute atomic E-state index is 0.217. The van der Waals surface area contributed by atoms with Gasteiger partial charge in [0.05, 0.1) is 4.88 Å². The lowest BCUT2D eigenvalue weighted by Crippen LogP contribution is -2.29. The van der Waals surface area contributed by atoms with E-state index in [1.807, 2.05) is 12.1 Å². The molecule has 1 aromatic rings. The average molecular weight is 227 g/mol. The molecular weight excluding hydrogens is 210 g/mol. The van der Waals surface area contributed by atoms with E-state index < -0.39 is 0 Å². The molecule has 15 heavy (non-hydrogen) atoms. The van der Waals surface area contributed by atoms with Crippen LogP contribution < -0.4 is 11.3 Å². The third-order valence-corrected chi connectivity index (χ3v) is 3.36. The van der Waals surface area contributed by atoms with E-state index in [0.717, 1.165) is 19.6 Å². The number of carbonyl (C=O) groups is 1. The molecule has 0 atom stereocenters. The number of rotatable bonds is 5. The monoisotopic (exact) mass is 227 g/mol. The molecule has 0 spiro atoms. The summed E-state index contributed by atoms with van der Waals surface area (Å²) in [6, 6.07) is 3.79. The fourth-order valence-corrected chi connectivity index (χ4v) is 2.28. The fourth-order valence-electron chi connectivity index (χ4n) is 1.32. The third kappa shape index (κ3) is 3.30. The number of carbonyl (C=O) groups excluding carboxylic acids is 1. The van der Waals surface area contributed by atoms with Gasteiger partial charge in [-0.3, -0.25) is 15.1 Å². The number of nitrogens with two attached hydrogens (primary N) is 1. The van der Waals surface area contributed by atoms with Gasteiger partial charge in [-0.15, -0.1) is 11.3 Å². The zero-order chi connectivity index (χ0) is 11.3. The van der Waals surface area contributed by atoms with Crippen molar-refractivity contribution in [2.24, 2.45) is 5.84 Å². The summed E-state index contributed by atoms with van der Waals surface area (Å²) in [5, 5.41) is 0. The molecule has 0 radical (unpaired) electrons. The lowest BCUT2D eigenvalue weighted by molar-refractivity contribution is 0.0957. The standard InChI is InChI=1S/C10H17N3OS/c1-3-13(4-2)7-8-5-6-9(15-8)10(14)12-11/h5-6H,3-4,7,11H2,1-2H3,(H,12,14). The van der Waals surface area contributed by atoms with Gasteiger partial charge in [0.1, 0.15) is 0 Å². The minimum Gasteiger partial charge on any atom is -0.299 e. The van der Waals surface area contributed by atoms with Crippen LogP contribution in [0.1, 0.15) is 28.4 Å². The van der Waals surface area contributed by atoms with E-state index in [1.54, 1.807) is 0 Å². The molecule has 0 aliphatic heterocycles. The van der Waals surface area contributed by atoms with Crippen molar-refractivity contribution in [3.8, 4) is 0 Å². The topological polar surface area (TPSA) is 58.4 Å². The summed E-state index contributed by atoms with van der Waals surface area (Å²) in [7, 11) is 0. The van der Waals surface area contributed by atoms with E-state index in [1.165, 1.54) is 16.2 Å². The maximum atomic E-state index is 11.2. The van der Waals surface area contributed by atoms with Gasteiger partial charge in [-0.05, 0) is 25.2 Å². The molecule has 0 bridgehead atoms. The molecule has 1 rings (SSSR count). The van der Waals surface area contributed by atoms with Gasteiger partial charge in [0, 0.05) is 11.4 Å². The van der Waals surface area contributed by atoms with E-state index >= 15 is 0 Å². The highest BCUT2D eigenvalue weighted by Gasteiger charge is 2.08. The van der Waals surface area contributed by atoms with Crippen LogP contribution in [0, 0.1) is 0 Å². The van der Waals surface area contributed by atoms with Crippen molar-refractivity contribution in [3.63, 3.8) is 0 Å². The summed E-state index contributed by atoms with van der Waals surface area (Å²) >= 11 is 1.49. The van der Waals surface area contributed by atoms with Crippen molar-refractivity contribution < 1.29 is 4.79 Å².